The van der Waals surface area contributed by atoms with Crippen LogP contribution in [0.3, 0.4) is 0 Å². The van der Waals surface area contributed by atoms with Gasteiger partial charge in [0.1, 0.15) is 0 Å². The van der Waals surface area contributed by atoms with Gasteiger partial charge >= 0.3 is 72.1 Å². The maximum atomic E-state index is 13.4. The SMILES string of the molecule is O=C(OCC(F)(F)C(F)(F)C(F)(F)C(F)(F)C(F)(F)F)OCC(F)(F)C(F)(F)C(F)(F)C(F)(F)C(F)(F)C(F)F. The maximum absolute atomic E-state index is 13.4. The number of alkyl halides is 23. The van der Waals surface area contributed by atoms with Gasteiger partial charge in [0.05, 0.1) is 0 Å². The van der Waals surface area contributed by atoms with Crippen LogP contribution in [0, 0.1) is 0 Å². The van der Waals surface area contributed by atoms with Crippen molar-refractivity contribution in [3.63, 3.8) is 0 Å². The second-order valence-electron chi connectivity index (χ2n) is 7.10. The maximum Gasteiger partial charge on any atom is 0.508 e. The molecule has 0 spiro atoms. The van der Waals surface area contributed by atoms with Crippen molar-refractivity contribution >= 4 is 6.16 Å². The van der Waals surface area contributed by atoms with Gasteiger partial charge in [0.2, 0.25) is 0 Å². The molecule has 0 saturated heterocycles. The van der Waals surface area contributed by atoms with E-state index in [1.54, 1.807) is 0 Å². The lowest BCUT2D eigenvalue weighted by Crippen LogP contribution is -2.69. The number of ether oxygens (including phenoxy) is 2. The molecule has 0 amide bonds. The highest BCUT2D eigenvalue weighted by molar-refractivity contribution is 5.60. The Morgan fingerprint density at radius 1 is 0.450 bits per heavy atom. The summed E-state index contributed by atoms with van der Waals surface area (Å²) in [5.74, 6) is -69.5. The lowest BCUT2D eigenvalue weighted by molar-refractivity contribution is -0.424. The van der Waals surface area contributed by atoms with Crippen LogP contribution in [-0.4, -0.2) is 85.3 Å². The minimum absolute atomic E-state index is 2.65. The summed E-state index contributed by atoms with van der Waals surface area (Å²) in [5, 5.41) is 0. The first kappa shape index (κ1) is 37.7. The first-order valence-electron chi connectivity index (χ1n) is 8.59. The van der Waals surface area contributed by atoms with E-state index in [0.717, 1.165) is 0 Å². The highest BCUT2D eigenvalue weighted by Gasteiger charge is 2.89. The zero-order chi connectivity index (χ0) is 33.0. The van der Waals surface area contributed by atoms with Crippen molar-refractivity contribution in [2.75, 3.05) is 13.2 Å². The molecule has 0 aromatic rings. The molecule has 0 saturated carbocycles. The van der Waals surface area contributed by atoms with Crippen LogP contribution in [0.15, 0.2) is 0 Å². The van der Waals surface area contributed by atoms with Crippen LogP contribution in [0.2, 0.25) is 0 Å². The lowest BCUT2D eigenvalue weighted by Gasteiger charge is -2.38. The van der Waals surface area contributed by atoms with E-state index in [1.807, 2.05) is 0 Å². The van der Waals surface area contributed by atoms with Crippen molar-refractivity contribution in [3.8, 4) is 0 Å². The second-order valence-corrected chi connectivity index (χ2v) is 7.10. The van der Waals surface area contributed by atoms with Crippen LogP contribution in [0.25, 0.3) is 0 Å². The van der Waals surface area contributed by atoms with Gasteiger partial charge < -0.3 is 9.47 Å². The summed E-state index contributed by atoms with van der Waals surface area (Å²) in [5.41, 5.74) is 0. The molecule has 0 N–H and O–H groups in total. The molecule has 0 atom stereocenters. The zero-order valence-corrected chi connectivity index (χ0v) is 17.4. The summed E-state index contributed by atoms with van der Waals surface area (Å²) in [6.45, 7) is -7.70. The summed E-state index contributed by atoms with van der Waals surface area (Å²) in [6, 6.07) is 0. The standard InChI is InChI=1S/C14H5F23O3/c15-3(16)7(21,22)10(27,28)11(29,30)8(23,24)5(17,18)1-39-4(38)40-2-6(19,20)9(25,26)12(31,32)13(33,34)14(35,36)37/h3H,1-2H2. The molecule has 0 bridgehead atoms. The molecule has 0 unspecified atom stereocenters. The van der Waals surface area contributed by atoms with E-state index in [2.05, 4.69) is 9.47 Å². The minimum Gasteiger partial charge on any atom is -0.428 e. The van der Waals surface area contributed by atoms with Gasteiger partial charge in [0.25, 0.3) is 0 Å². The highest BCUT2D eigenvalue weighted by atomic mass is 19.4. The van der Waals surface area contributed by atoms with Crippen molar-refractivity contribution in [2.45, 2.75) is 65.9 Å². The molecule has 0 aliphatic carbocycles. The Hall–Kier alpha value is -2.34. The van der Waals surface area contributed by atoms with Crippen molar-refractivity contribution < 1.29 is 115 Å². The summed E-state index contributed by atoms with van der Waals surface area (Å²) >= 11 is 0. The van der Waals surface area contributed by atoms with Gasteiger partial charge in [-0.1, -0.05) is 0 Å². The van der Waals surface area contributed by atoms with Crippen LogP contribution < -0.4 is 0 Å². The van der Waals surface area contributed by atoms with Crippen LogP contribution in [0.1, 0.15) is 0 Å². The minimum atomic E-state index is -8.17. The molecule has 0 aliphatic rings. The summed E-state index contributed by atoms with van der Waals surface area (Å²) in [7, 11) is 0. The van der Waals surface area contributed by atoms with Crippen molar-refractivity contribution in [1.82, 2.24) is 0 Å². The molecular weight excluding hydrogens is 653 g/mol. The average Bonchev–Trinajstić information content (AvgIpc) is 2.74. The average molecular weight is 658 g/mol. The fourth-order valence-corrected chi connectivity index (χ4v) is 1.90. The van der Waals surface area contributed by atoms with Crippen molar-refractivity contribution in [3.05, 3.63) is 0 Å². The van der Waals surface area contributed by atoms with Gasteiger partial charge in [-0.15, -0.1) is 0 Å². The Kier molecular flexibility index (Phi) is 9.59. The lowest BCUT2D eigenvalue weighted by atomic mass is 9.94. The summed E-state index contributed by atoms with van der Waals surface area (Å²) < 4.78 is 300. The number of carbonyl (C=O) groups excluding carboxylic acids is 1. The van der Waals surface area contributed by atoms with Crippen molar-refractivity contribution in [1.29, 1.82) is 0 Å². The normalized spacial score (nSPS) is 15.9. The molecule has 240 valence electrons. The molecule has 3 nitrogen and oxygen atoms in total. The Labute approximate surface area is 202 Å². The number of hydrogen-bond donors (Lipinski definition) is 0. The molecule has 0 rings (SSSR count). The van der Waals surface area contributed by atoms with Crippen LogP contribution in [-0.2, 0) is 9.47 Å². The summed E-state index contributed by atoms with van der Waals surface area (Å²) in [4.78, 5) is 10.8. The van der Waals surface area contributed by atoms with Gasteiger partial charge in [-0.25, -0.2) is 13.6 Å². The Balaban J connectivity index is 5.81. The molecule has 0 radical (unpaired) electrons. The van der Waals surface area contributed by atoms with Gasteiger partial charge in [0, 0.05) is 0 Å². The molecule has 0 aromatic carbocycles. The Morgan fingerprint density at radius 2 is 0.725 bits per heavy atom. The number of carbonyl (C=O) groups is 1. The van der Waals surface area contributed by atoms with E-state index in [4.69, 9.17) is 0 Å². The highest BCUT2D eigenvalue weighted by Crippen LogP contribution is 2.59. The smallest absolute Gasteiger partial charge is 0.428 e. The van der Waals surface area contributed by atoms with Gasteiger partial charge in [-0.2, -0.15) is 92.2 Å². The van der Waals surface area contributed by atoms with E-state index >= 15 is 0 Å². The van der Waals surface area contributed by atoms with E-state index in [1.165, 1.54) is 0 Å². The monoisotopic (exact) mass is 658 g/mol. The quantitative estimate of drug-likeness (QED) is 0.160. The first-order chi connectivity index (χ1) is 17.0. The summed E-state index contributed by atoms with van der Waals surface area (Å²) in [6.07, 6.45) is -17.1. The van der Waals surface area contributed by atoms with E-state index in [-0.39, 0.29) is 0 Å². The molecule has 0 fully saturated rings. The third-order valence-corrected chi connectivity index (χ3v) is 4.29. The van der Waals surface area contributed by atoms with Gasteiger partial charge in [-0.3, -0.25) is 0 Å². The van der Waals surface area contributed by atoms with Gasteiger partial charge in [-0.05, 0) is 0 Å². The molecule has 0 aliphatic heterocycles. The third-order valence-electron chi connectivity index (χ3n) is 4.29. The molecule has 0 aromatic heterocycles. The zero-order valence-electron chi connectivity index (χ0n) is 17.4. The third kappa shape index (κ3) is 5.57. The topological polar surface area (TPSA) is 35.5 Å². The van der Waals surface area contributed by atoms with E-state index < -0.39 is 85.3 Å². The fraction of sp³-hybridized carbons (Fsp3) is 0.929. The molecule has 0 heterocycles. The molecule has 26 heteroatoms. The predicted molar refractivity (Wildman–Crippen MR) is 73.9 cm³/mol. The Morgan fingerprint density at radius 3 is 0.975 bits per heavy atom. The first-order valence-corrected chi connectivity index (χ1v) is 8.59. The Bertz CT molecular complexity index is 903. The molecule has 40 heavy (non-hydrogen) atoms. The van der Waals surface area contributed by atoms with E-state index in [0.29, 0.717) is 0 Å². The predicted octanol–water partition coefficient (Wildman–Crippen LogP) is 7.68. The second kappa shape index (κ2) is 10.2. The van der Waals surface area contributed by atoms with Gasteiger partial charge in [0.15, 0.2) is 13.2 Å². The van der Waals surface area contributed by atoms with Crippen LogP contribution in [0.5, 0.6) is 0 Å². The number of halogens is 23. The largest absolute Gasteiger partial charge is 0.508 e. The van der Waals surface area contributed by atoms with Crippen LogP contribution in [0.4, 0.5) is 106 Å². The van der Waals surface area contributed by atoms with E-state index in [9.17, 15) is 106 Å². The number of hydrogen-bond acceptors (Lipinski definition) is 3. The molecular formula is C14H5F23O3. The van der Waals surface area contributed by atoms with Crippen LogP contribution >= 0.6 is 0 Å². The fourth-order valence-electron chi connectivity index (χ4n) is 1.90. The van der Waals surface area contributed by atoms with Crippen molar-refractivity contribution in [2.24, 2.45) is 0 Å². The number of rotatable bonds is 12.